The topological polar surface area (TPSA) is 92.8 Å². The summed E-state index contributed by atoms with van der Waals surface area (Å²) < 4.78 is 60.2. The molecule has 3 aromatic carbocycles. The summed E-state index contributed by atoms with van der Waals surface area (Å²) in [6, 6.07) is 20.5. The summed E-state index contributed by atoms with van der Waals surface area (Å²) in [5.41, 5.74) is 1.36. The Labute approximate surface area is 188 Å². The zero-order valence-corrected chi connectivity index (χ0v) is 19.2. The van der Waals surface area contributed by atoms with Crippen molar-refractivity contribution in [2.45, 2.75) is 24.7 Å². The number of para-hydroxylation sites is 1. The first kappa shape index (κ1) is 22.2. The van der Waals surface area contributed by atoms with Crippen LogP contribution < -0.4 is 13.8 Å². The monoisotopic (exact) mass is 472 g/mol. The van der Waals surface area contributed by atoms with Gasteiger partial charge >= 0.3 is 0 Å². The van der Waals surface area contributed by atoms with Crippen molar-refractivity contribution in [3.63, 3.8) is 0 Å². The predicted octanol–water partition coefficient (Wildman–Crippen LogP) is 4.52. The third kappa shape index (κ3) is 4.89. The highest BCUT2D eigenvalue weighted by Gasteiger charge is 2.27. The number of hydrogen-bond donors (Lipinski definition) is 1. The third-order valence-electron chi connectivity index (χ3n) is 5.17. The van der Waals surface area contributed by atoms with Gasteiger partial charge in [0.2, 0.25) is 10.0 Å². The van der Waals surface area contributed by atoms with E-state index in [4.69, 9.17) is 4.74 Å². The predicted molar refractivity (Wildman–Crippen MR) is 125 cm³/mol. The van der Waals surface area contributed by atoms with Gasteiger partial charge in [0.05, 0.1) is 16.3 Å². The highest BCUT2D eigenvalue weighted by Crippen LogP contribution is 2.29. The van der Waals surface area contributed by atoms with Crippen LogP contribution in [0.1, 0.15) is 18.4 Å². The number of ether oxygens (including phenoxy) is 1. The van der Waals surface area contributed by atoms with Crippen molar-refractivity contribution >= 4 is 31.4 Å². The smallest absolute Gasteiger partial charge is 0.262 e. The zero-order valence-electron chi connectivity index (χ0n) is 17.6. The quantitative estimate of drug-likeness (QED) is 0.569. The van der Waals surface area contributed by atoms with Crippen molar-refractivity contribution in [1.82, 2.24) is 0 Å². The summed E-state index contributed by atoms with van der Waals surface area (Å²) in [5, 5.41) is 0. The van der Waals surface area contributed by atoms with Crippen molar-refractivity contribution in [2.24, 2.45) is 0 Å². The Kier molecular flexibility index (Phi) is 6.12. The fraction of sp³-hybridized carbons (Fsp3) is 0.217. The fourth-order valence-electron chi connectivity index (χ4n) is 3.59. The SMILES string of the molecule is Cc1cc(N2CCCCS2(=O)=O)ccc1S(=O)(=O)Nc1ccc(Oc2ccccc2)cc1. The maximum Gasteiger partial charge on any atom is 0.262 e. The molecule has 9 heteroatoms. The first-order valence-electron chi connectivity index (χ1n) is 10.2. The first-order valence-corrected chi connectivity index (χ1v) is 13.3. The minimum atomic E-state index is -3.85. The van der Waals surface area contributed by atoms with Crippen LogP contribution in [-0.2, 0) is 20.0 Å². The average Bonchev–Trinajstić information content (AvgIpc) is 2.75. The van der Waals surface area contributed by atoms with Crippen molar-refractivity contribution < 1.29 is 21.6 Å². The molecule has 0 saturated carbocycles. The Hall–Kier alpha value is -3.04. The maximum absolute atomic E-state index is 12.9. The molecule has 1 N–H and O–H groups in total. The minimum Gasteiger partial charge on any atom is -0.457 e. The second-order valence-electron chi connectivity index (χ2n) is 7.59. The Morgan fingerprint density at radius 1 is 0.906 bits per heavy atom. The third-order valence-corrected chi connectivity index (χ3v) is 8.58. The summed E-state index contributed by atoms with van der Waals surface area (Å²) in [7, 11) is -7.21. The molecule has 0 spiro atoms. The number of benzene rings is 3. The summed E-state index contributed by atoms with van der Waals surface area (Å²) in [6.45, 7) is 2.06. The standard InChI is InChI=1S/C23H24N2O5S2/c1-18-17-20(25-15-5-6-16-31(25,26)27)11-14-23(18)32(28,29)24-19-9-12-22(13-10-19)30-21-7-3-2-4-8-21/h2-4,7-14,17,24H,5-6,15-16H2,1H3. The zero-order chi connectivity index (χ0) is 22.8. The summed E-state index contributed by atoms with van der Waals surface area (Å²) in [6.07, 6.45) is 1.42. The lowest BCUT2D eigenvalue weighted by atomic mass is 10.2. The van der Waals surface area contributed by atoms with Gasteiger partial charge in [-0.2, -0.15) is 0 Å². The van der Waals surface area contributed by atoms with Crippen LogP contribution in [0.2, 0.25) is 0 Å². The Morgan fingerprint density at radius 2 is 1.59 bits per heavy atom. The van der Waals surface area contributed by atoms with Crippen LogP contribution in [-0.4, -0.2) is 29.1 Å². The van der Waals surface area contributed by atoms with Crippen LogP contribution in [0.15, 0.2) is 77.7 Å². The van der Waals surface area contributed by atoms with E-state index in [1.807, 2.05) is 30.3 Å². The molecule has 3 aromatic rings. The highest BCUT2D eigenvalue weighted by molar-refractivity contribution is 7.93. The summed E-state index contributed by atoms with van der Waals surface area (Å²) in [5.74, 6) is 1.38. The molecule has 1 fully saturated rings. The first-order chi connectivity index (χ1) is 15.2. The molecular formula is C23H24N2O5S2. The van der Waals surface area contributed by atoms with Gasteiger partial charge in [-0.05, 0) is 79.9 Å². The van der Waals surface area contributed by atoms with Gasteiger partial charge in [0.1, 0.15) is 11.5 Å². The summed E-state index contributed by atoms with van der Waals surface area (Å²) in [4.78, 5) is 0.0975. The van der Waals surface area contributed by atoms with Gasteiger partial charge in [-0.3, -0.25) is 9.03 Å². The van der Waals surface area contributed by atoms with E-state index in [-0.39, 0.29) is 10.6 Å². The molecule has 168 valence electrons. The molecule has 7 nitrogen and oxygen atoms in total. The fourth-order valence-corrected chi connectivity index (χ4v) is 6.51. The largest absolute Gasteiger partial charge is 0.457 e. The molecule has 1 heterocycles. The van der Waals surface area contributed by atoms with Crippen molar-refractivity contribution in [3.8, 4) is 11.5 Å². The average molecular weight is 473 g/mol. The van der Waals surface area contributed by atoms with Crippen LogP contribution in [0.4, 0.5) is 11.4 Å². The summed E-state index contributed by atoms with van der Waals surface area (Å²) >= 11 is 0. The molecule has 0 radical (unpaired) electrons. The van der Waals surface area contributed by atoms with E-state index in [1.54, 1.807) is 43.3 Å². The minimum absolute atomic E-state index is 0.0975. The highest BCUT2D eigenvalue weighted by atomic mass is 32.2. The molecule has 32 heavy (non-hydrogen) atoms. The number of hydrogen-bond acceptors (Lipinski definition) is 5. The van der Waals surface area contributed by atoms with Crippen LogP contribution in [0.5, 0.6) is 11.5 Å². The van der Waals surface area contributed by atoms with Crippen LogP contribution in [0, 0.1) is 6.92 Å². The van der Waals surface area contributed by atoms with E-state index in [9.17, 15) is 16.8 Å². The lowest BCUT2D eigenvalue weighted by Crippen LogP contribution is -2.37. The number of nitrogens with zero attached hydrogens (tertiary/aromatic N) is 1. The van der Waals surface area contributed by atoms with Gasteiger partial charge in [-0.1, -0.05) is 18.2 Å². The lowest BCUT2D eigenvalue weighted by molar-refractivity contribution is 0.483. The van der Waals surface area contributed by atoms with E-state index in [1.165, 1.54) is 10.4 Å². The van der Waals surface area contributed by atoms with Gasteiger partial charge < -0.3 is 4.74 Å². The van der Waals surface area contributed by atoms with Gasteiger partial charge in [0, 0.05) is 12.2 Å². The van der Waals surface area contributed by atoms with Crippen LogP contribution >= 0.6 is 0 Å². The molecule has 4 rings (SSSR count). The van der Waals surface area contributed by atoms with E-state index in [0.29, 0.717) is 41.4 Å². The molecule has 0 unspecified atom stereocenters. The molecule has 1 aliphatic rings. The molecule has 0 atom stereocenters. The lowest BCUT2D eigenvalue weighted by Gasteiger charge is -2.28. The number of sulfonamides is 2. The van der Waals surface area contributed by atoms with E-state index < -0.39 is 20.0 Å². The van der Waals surface area contributed by atoms with Crippen LogP contribution in [0.25, 0.3) is 0 Å². The Morgan fingerprint density at radius 3 is 2.25 bits per heavy atom. The molecule has 0 amide bonds. The number of anilines is 2. The molecule has 0 aromatic heterocycles. The van der Waals surface area contributed by atoms with E-state index >= 15 is 0 Å². The Balaban J connectivity index is 1.51. The van der Waals surface area contributed by atoms with Gasteiger partial charge in [-0.25, -0.2) is 16.8 Å². The molecule has 0 bridgehead atoms. The van der Waals surface area contributed by atoms with Gasteiger partial charge in [-0.15, -0.1) is 0 Å². The van der Waals surface area contributed by atoms with Crippen molar-refractivity contribution in [1.29, 1.82) is 0 Å². The van der Waals surface area contributed by atoms with Crippen LogP contribution in [0.3, 0.4) is 0 Å². The number of aryl methyl sites for hydroxylation is 1. The molecule has 1 saturated heterocycles. The number of nitrogens with one attached hydrogen (secondary N) is 1. The van der Waals surface area contributed by atoms with Crippen molar-refractivity contribution in [3.05, 3.63) is 78.4 Å². The Bertz CT molecular complexity index is 1310. The van der Waals surface area contributed by atoms with Crippen molar-refractivity contribution in [2.75, 3.05) is 21.3 Å². The second-order valence-corrected chi connectivity index (χ2v) is 11.3. The van der Waals surface area contributed by atoms with E-state index in [0.717, 1.165) is 6.42 Å². The van der Waals surface area contributed by atoms with Gasteiger partial charge in [0.15, 0.2) is 0 Å². The normalized spacial score (nSPS) is 15.8. The number of rotatable bonds is 6. The maximum atomic E-state index is 12.9. The second kappa shape index (κ2) is 8.84. The molecular weight excluding hydrogens is 448 g/mol. The molecule has 0 aliphatic carbocycles. The molecule has 1 aliphatic heterocycles. The van der Waals surface area contributed by atoms with E-state index in [2.05, 4.69) is 4.72 Å². The van der Waals surface area contributed by atoms with Gasteiger partial charge in [0.25, 0.3) is 10.0 Å².